The van der Waals surface area contributed by atoms with Crippen molar-refractivity contribution in [2.75, 3.05) is 19.1 Å². The van der Waals surface area contributed by atoms with Crippen molar-refractivity contribution < 1.29 is 17.9 Å². The van der Waals surface area contributed by atoms with E-state index in [9.17, 15) is 13.2 Å². The second-order valence-corrected chi connectivity index (χ2v) is 7.18. The van der Waals surface area contributed by atoms with Crippen molar-refractivity contribution >= 4 is 21.7 Å². The first kappa shape index (κ1) is 16.8. The molecule has 0 atom stereocenters. The average molecular weight is 326 g/mol. The van der Waals surface area contributed by atoms with Gasteiger partial charge >= 0.3 is 5.97 Å². The number of nitrogens with two attached hydrogens (primary N) is 1. The molecule has 1 saturated carbocycles. The lowest BCUT2D eigenvalue weighted by atomic mass is 9.94. The molecule has 1 aliphatic rings. The second kappa shape index (κ2) is 6.66. The summed E-state index contributed by atoms with van der Waals surface area (Å²) in [5.41, 5.74) is 0.897. The van der Waals surface area contributed by atoms with Gasteiger partial charge in [-0.1, -0.05) is 19.3 Å². The first-order chi connectivity index (χ1) is 10.3. The topological polar surface area (TPSA) is 89.7 Å². The van der Waals surface area contributed by atoms with Crippen LogP contribution in [0.5, 0.6) is 0 Å². The predicted molar refractivity (Wildman–Crippen MR) is 84.4 cm³/mol. The lowest BCUT2D eigenvalue weighted by Gasteiger charge is -2.34. The number of benzene rings is 1. The number of esters is 1. The fraction of sp³-hybridized carbons (Fsp3) is 0.533. The Morgan fingerprint density at radius 2 is 1.91 bits per heavy atom. The molecule has 6 nitrogen and oxygen atoms in total. The number of ether oxygens (including phenoxy) is 1. The molecule has 22 heavy (non-hydrogen) atoms. The van der Waals surface area contributed by atoms with Gasteiger partial charge in [-0.2, -0.15) is 0 Å². The summed E-state index contributed by atoms with van der Waals surface area (Å²) in [5, 5.41) is 5.14. The first-order valence-electron chi connectivity index (χ1n) is 7.32. The van der Waals surface area contributed by atoms with Crippen molar-refractivity contribution in [2.24, 2.45) is 5.14 Å². The van der Waals surface area contributed by atoms with Crippen molar-refractivity contribution in [3.8, 4) is 0 Å². The van der Waals surface area contributed by atoms with E-state index in [0.29, 0.717) is 11.7 Å². The third-order valence-corrected chi connectivity index (χ3v) is 5.12. The van der Waals surface area contributed by atoms with E-state index in [-0.39, 0.29) is 10.5 Å². The smallest absolute Gasteiger partial charge is 0.340 e. The van der Waals surface area contributed by atoms with Crippen molar-refractivity contribution in [3.05, 3.63) is 23.8 Å². The fourth-order valence-electron chi connectivity index (χ4n) is 2.94. The van der Waals surface area contributed by atoms with Crippen LogP contribution < -0.4 is 10.0 Å². The van der Waals surface area contributed by atoms with E-state index < -0.39 is 16.0 Å². The normalized spacial score (nSPS) is 16.3. The number of sulfonamides is 1. The maximum Gasteiger partial charge on any atom is 0.340 e. The zero-order chi connectivity index (χ0) is 16.3. The van der Waals surface area contributed by atoms with Crippen molar-refractivity contribution in [1.29, 1.82) is 0 Å². The van der Waals surface area contributed by atoms with Gasteiger partial charge in [-0.25, -0.2) is 18.4 Å². The summed E-state index contributed by atoms with van der Waals surface area (Å²) in [6, 6.07) is 4.69. The average Bonchev–Trinajstić information content (AvgIpc) is 2.52. The summed E-state index contributed by atoms with van der Waals surface area (Å²) in [6.45, 7) is 0. The Hall–Kier alpha value is -1.60. The third kappa shape index (κ3) is 3.59. The number of carbonyl (C=O) groups is 1. The van der Waals surface area contributed by atoms with Crippen LogP contribution in [0.25, 0.3) is 0 Å². The quantitative estimate of drug-likeness (QED) is 0.853. The molecule has 0 heterocycles. The monoisotopic (exact) mass is 326 g/mol. The lowest BCUT2D eigenvalue weighted by molar-refractivity contribution is 0.0601. The van der Waals surface area contributed by atoms with Gasteiger partial charge in [0.1, 0.15) is 0 Å². The van der Waals surface area contributed by atoms with Gasteiger partial charge in [-0.15, -0.1) is 0 Å². The van der Waals surface area contributed by atoms with Crippen molar-refractivity contribution in [3.63, 3.8) is 0 Å². The largest absolute Gasteiger partial charge is 0.465 e. The summed E-state index contributed by atoms with van der Waals surface area (Å²) in [7, 11) is -0.662. The molecule has 1 aromatic carbocycles. The Bertz CT molecular complexity index is 652. The lowest BCUT2D eigenvalue weighted by Crippen LogP contribution is -2.34. The molecule has 122 valence electrons. The van der Waals surface area contributed by atoms with Crippen LogP contribution in [-0.4, -0.2) is 34.6 Å². The summed E-state index contributed by atoms with van der Waals surface area (Å²) in [5.74, 6) is -0.567. The SMILES string of the molecule is COC(=O)c1cc(S(N)(=O)=O)ccc1N(C)C1CCCCC1. The molecule has 0 unspecified atom stereocenters. The number of anilines is 1. The molecule has 2 N–H and O–H groups in total. The molecule has 0 bridgehead atoms. The third-order valence-electron chi connectivity index (χ3n) is 4.20. The molecular formula is C15H22N2O4S. The maximum atomic E-state index is 12.0. The van der Waals surface area contributed by atoms with Crippen LogP contribution in [0.15, 0.2) is 23.1 Å². The highest BCUT2D eigenvalue weighted by Crippen LogP contribution is 2.30. The van der Waals surface area contributed by atoms with Gasteiger partial charge in [0.15, 0.2) is 0 Å². The first-order valence-corrected chi connectivity index (χ1v) is 8.87. The molecular weight excluding hydrogens is 304 g/mol. The number of rotatable bonds is 4. The van der Waals surface area contributed by atoms with Crippen LogP contribution in [0, 0.1) is 0 Å². The van der Waals surface area contributed by atoms with E-state index in [1.165, 1.54) is 25.7 Å². The van der Waals surface area contributed by atoms with E-state index in [1.54, 1.807) is 6.07 Å². The summed E-state index contributed by atoms with van der Waals surface area (Å²) >= 11 is 0. The van der Waals surface area contributed by atoms with Crippen LogP contribution in [0.1, 0.15) is 42.5 Å². The fourth-order valence-corrected chi connectivity index (χ4v) is 3.48. The Balaban J connectivity index is 2.43. The number of hydrogen-bond acceptors (Lipinski definition) is 5. The summed E-state index contributed by atoms with van der Waals surface area (Å²) in [4.78, 5) is 14.0. The number of carbonyl (C=O) groups excluding carboxylic acids is 1. The number of methoxy groups -OCH3 is 1. The Labute approximate surface area is 131 Å². The highest BCUT2D eigenvalue weighted by atomic mass is 32.2. The van der Waals surface area contributed by atoms with E-state index in [4.69, 9.17) is 9.88 Å². The molecule has 0 aliphatic heterocycles. The molecule has 0 amide bonds. The highest BCUT2D eigenvalue weighted by molar-refractivity contribution is 7.89. The van der Waals surface area contributed by atoms with Gasteiger partial charge in [0.05, 0.1) is 23.3 Å². The molecule has 0 aromatic heterocycles. The van der Waals surface area contributed by atoms with Gasteiger partial charge in [-0.05, 0) is 31.0 Å². The van der Waals surface area contributed by atoms with Gasteiger partial charge in [0, 0.05) is 13.1 Å². The standard InChI is InChI=1S/C15H22N2O4S/c1-17(11-6-4-3-5-7-11)14-9-8-12(22(16,19)20)10-13(14)15(18)21-2/h8-11H,3-7H2,1-2H3,(H2,16,19,20). The summed E-state index contributed by atoms with van der Waals surface area (Å²) < 4.78 is 27.8. The number of hydrogen-bond donors (Lipinski definition) is 1. The Morgan fingerprint density at radius 3 is 2.45 bits per heavy atom. The number of nitrogens with zero attached hydrogens (tertiary/aromatic N) is 1. The molecule has 7 heteroatoms. The summed E-state index contributed by atoms with van der Waals surface area (Å²) in [6.07, 6.45) is 5.69. The zero-order valence-electron chi connectivity index (χ0n) is 12.9. The van der Waals surface area contributed by atoms with E-state index in [1.807, 2.05) is 11.9 Å². The highest BCUT2D eigenvalue weighted by Gasteiger charge is 2.24. The van der Waals surface area contributed by atoms with Gasteiger partial charge in [0.25, 0.3) is 0 Å². The molecule has 0 spiro atoms. The van der Waals surface area contributed by atoms with E-state index in [0.717, 1.165) is 25.7 Å². The maximum absolute atomic E-state index is 12.0. The van der Waals surface area contributed by atoms with Crippen LogP contribution >= 0.6 is 0 Å². The van der Waals surface area contributed by atoms with Crippen LogP contribution in [0.2, 0.25) is 0 Å². The second-order valence-electron chi connectivity index (χ2n) is 5.62. The minimum absolute atomic E-state index is 0.0892. The number of primary sulfonamides is 1. The van der Waals surface area contributed by atoms with Gasteiger partial charge < -0.3 is 9.64 Å². The molecule has 1 fully saturated rings. The molecule has 0 saturated heterocycles. The minimum atomic E-state index is -3.86. The minimum Gasteiger partial charge on any atom is -0.465 e. The Morgan fingerprint density at radius 1 is 1.27 bits per heavy atom. The molecule has 2 rings (SSSR count). The van der Waals surface area contributed by atoms with Crippen LogP contribution in [-0.2, 0) is 14.8 Å². The van der Waals surface area contributed by atoms with Gasteiger partial charge in [0.2, 0.25) is 10.0 Å². The van der Waals surface area contributed by atoms with Gasteiger partial charge in [-0.3, -0.25) is 0 Å². The molecule has 1 aromatic rings. The molecule has 1 aliphatic carbocycles. The van der Waals surface area contributed by atoms with E-state index >= 15 is 0 Å². The van der Waals surface area contributed by atoms with Crippen LogP contribution in [0.4, 0.5) is 5.69 Å². The Kier molecular flexibility index (Phi) is 5.08. The van der Waals surface area contributed by atoms with Crippen molar-refractivity contribution in [1.82, 2.24) is 0 Å². The van der Waals surface area contributed by atoms with Crippen molar-refractivity contribution in [2.45, 2.75) is 43.0 Å². The van der Waals surface area contributed by atoms with E-state index in [2.05, 4.69) is 0 Å². The molecule has 0 radical (unpaired) electrons. The zero-order valence-corrected chi connectivity index (χ0v) is 13.7. The predicted octanol–water partition coefficient (Wildman–Crippen LogP) is 1.89. The van der Waals surface area contributed by atoms with Crippen LogP contribution in [0.3, 0.4) is 0 Å².